The SMILES string of the molecule is CCOC(=O)CNC=O. The van der Waals surface area contributed by atoms with Crippen LogP contribution in [0.2, 0.25) is 0 Å². The van der Waals surface area contributed by atoms with Gasteiger partial charge in [0.05, 0.1) is 6.61 Å². The molecular formula is C5H9NO3. The Kier molecular flexibility index (Phi) is 4.49. The third-order valence-corrected chi connectivity index (χ3v) is 0.635. The molecule has 4 nitrogen and oxygen atoms in total. The van der Waals surface area contributed by atoms with Crippen LogP contribution < -0.4 is 5.32 Å². The lowest BCUT2D eigenvalue weighted by atomic mass is 10.6. The molecule has 9 heavy (non-hydrogen) atoms. The lowest BCUT2D eigenvalue weighted by Gasteiger charge is -1.97. The van der Waals surface area contributed by atoms with Gasteiger partial charge in [0.25, 0.3) is 0 Å². The van der Waals surface area contributed by atoms with Crippen LogP contribution in [-0.2, 0) is 14.3 Å². The first-order chi connectivity index (χ1) is 4.31. The summed E-state index contributed by atoms with van der Waals surface area (Å²) in [7, 11) is 0. The van der Waals surface area contributed by atoms with Crippen LogP contribution in [0.5, 0.6) is 0 Å². The molecule has 0 aromatic carbocycles. The molecule has 0 aliphatic carbocycles. The van der Waals surface area contributed by atoms with E-state index in [0.29, 0.717) is 13.0 Å². The number of nitrogens with one attached hydrogen (secondary N) is 1. The fraction of sp³-hybridized carbons (Fsp3) is 0.600. The quantitative estimate of drug-likeness (QED) is 0.405. The zero-order chi connectivity index (χ0) is 7.11. The standard InChI is InChI=1S/C5H9NO3/c1-2-9-5(8)3-6-4-7/h4H,2-3H2,1H3,(H,6,7). The van der Waals surface area contributed by atoms with Crippen molar-refractivity contribution in [2.75, 3.05) is 13.2 Å². The molecule has 0 saturated carbocycles. The smallest absolute Gasteiger partial charge is 0.325 e. The first kappa shape index (κ1) is 7.94. The third-order valence-electron chi connectivity index (χ3n) is 0.635. The molecule has 0 fully saturated rings. The maximum absolute atomic E-state index is 10.4. The molecule has 1 N–H and O–H groups in total. The Morgan fingerprint density at radius 2 is 2.44 bits per heavy atom. The van der Waals surface area contributed by atoms with Gasteiger partial charge in [0.15, 0.2) is 0 Å². The monoisotopic (exact) mass is 131 g/mol. The molecule has 0 atom stereocenters. The molecule has 0 rings (SSSR count). The molecule has 0 saturated heterocycles. The number of rotatable bonds is 4. The summed E-state index contributed by atoms with van der Waals surface area (Å²) in [4.78, 5) is 20.0. The van der Waals surface area contributed by atoms with Gasteiger partial charge in [-0.05, 0) is 6.92 Å². The Morgan fingerprint density at radius 3 is 2.89 bits per heavy atom. The molecule has 52 valence electrons. The van der Waals surface area contributed by atoms with Gasteiger partial charge < -0.3 is 10.1 Å². The summed E-state index contributed by atoms with van der Waals surface area (Å²) >= 11 is 0. The molecule has 0 aliphatic heterocycles. The van der Waals surface area contributed by atoms with E-state index in [-0.39, 0.29) is 6.54 Å². The Balaban J connectivity index is 3.16. The lowest BCUT2D eigenvalue weighted by Crippen LogP contribution is -2.23. The average molecular weight is 131 g/mol. The highest BCUT2D eigenvalue weighted by atomic mass is 16.5. The van der Waals surface area contributed by atoms with Crippen molar-refractivity contribution in [1.82, 2.24) is 5.32 Å². The van der Waals surface area contributed by atoms with Crippen LogP contribution in [0.4, 0.5) is 0 Å². The van der Waals surface area contributed by atoms with E-state index in [2.05, 4.69) is 10.1 Å². The van der Waals surface area contributed by atoms with Gasteiger partial charge in [-0.25, -0.2) is 0 Å². The minimum absolute atomic E-state index is 0.0443. The van der Waals surface area contributed by atoms with Gasteiger partial charge in [0, 0.05) is 0 Å². The van der Waals surface area contributed by atoms with Crippen molar-refractivity contribution in [3.05, 3.63) is 0 Å². The van der Waals surface area contributed by atoms with Crippen LogP contribution in [0, 0.1) is 0 Å². The van der Waals surface area contributed by atoms with E-state index in [9.17, 15) is 9.59 Å². The molecule has 0 aliphatic rings. The van der Waals surface area contributed by atoms with Crippen LogP contribution in [0.25, 0.3) is 0 Å². The van der Waals surface area contributed by atoms with Gasteiger partial charge in [-0.15, -0.1) is 0 Å². The van der Waals surface area contributed by atoms with Crippen molar-refractivity contribution < 1.29 is 14.3 Å². The van der Waals surface area contributed by atoms with Gasteiger partial charge in [0.2, 0.25) is 6.41 Å². The molecular weight excluding hydrogens is 122 g/mol. The Labute approximate surface area is 53.2 Å². The zero-order valence-corrected chi connectivity index (χ0v) is 5.22. The summed E-state index contributed by atoms with van der Waals surface area (Å²) in [6, 6.07) is 0. The summed E-state index contributed by atoms with van der Waals surface area (Å²) < 4.78 is 4.48. The molecule has 0 spiro atoms. The summed E-state index contributed by atoms with van der Waals surface area (Å²) in [6.45, 7) is 2.01. The molecule has 0 unspecified atom stereocenters. The highest BCUT2D eigenvalue weighted by Crippen LogP contribution is 1.72. The van der Waals surface area contributed by atoms with Crippen LogP contribution in [0.1, 0.15) is 6.92 Å². The van der Waals surface area contributed by atoms with E-state index in [1.165, 1.54) is 0 Å². The van der Waals surface area contributed by atoms with Crippen LogP contribution in [0.3, 0.4) is 0 Å². The highest BCUT2D eigenvalue weighted by Gasteiger charge is 1.96. The second kappa shape index (κ2) is 5.08. The molecule has 0 radical (unpaired) electrons. The summed E-state index contributed by atoms with van der Waals surface area (Å²) in [5.74, 6) is -0.412. The predicted molar refractivity (Wildman–Crippen MR) is 30.7 cm³/mol. The van der Waals surface area contributed by atoms with E-state index >= 15 is 0 Å². The number of amides is 1. The number of ether oxygens (including phenoxy) is 1. The highest BCUT2D eigenvalue weighted by molar-refractivity contribution is 5.73. The van der Waals surface area contributed by atoms with Gasteiger partial charge in [-0.2, -0.15) is 0 Å². The molecule has 0 bridgehead atoms. The molecule has 0 heterocycles. The normalized spacial score (nSPS) is 8.11. The fourth-order valence-corrected chi connectivity index (χ4v) is 0.337. The first-order valence-corrected chi connectivity index (χ1v) is 2.64. The third kappa shape index (κ3) is 4.80. The summed E-state index contributed by atoms with van der Waals surface area (Å²) in [6.07, 6.45) is 0.455. The molecule has 1 amide bonds. The van der Waals surface area contributed by atoms with E-state index in [1.807, 2.05) is 0 Å². The number of hydrogen-bond donors (Lipinski definition) is 1. The lowest BCUT2D eigenvalue weighted by molar-refractivity contribution is -0.142. The summed E-state index contributed by atoms with van der Waals surface area (Å²) in [5, 5.41) is 2.18. The number of hydrogen-bond acceptors (Lipinski definition) is 3. The van der Waals surface area contributed by atoms with E-state index in [0.717, 1.165) is 0 Å². The second-order valence-electron chi connectivity index (χ2n) is 1.30. The van der Waals surface area contributed by atoms with Crippen LogP contribution in [-0.4, -0.2) is 25.5 Å². The predicted octanol–water partition coefficient (Wildman–Crippen LogP) is -0.705. The van der Waals surface area contributed by atoms with Crippen molar-refractivity contribution >= 4 is 12.4 Å². The molecule has 0 aromatic heterocycles. The van der Waals surface area contributed by atoms with Crippen LogP contribution in [0.15, 0.2) is 0 Å². The average Bonchev–Trinajstić information content (AvgIpc) is 1.85. The molecule has 4 heteroatoms. The zero-order valence-electron chi connectivity index (χ0n) is 5.22. The van der Waals surface area contributed by atoms with Crippen molar-refractivity contribution in [1.29, 1.82) is 0 Å². The van der Waals surface area contributed by atoms with Gasteiger partial charge >= 0.3 is 5.97 Å². The van der Waals surface area contributed by atoms with Crippen molar-refractivity contribution in [3.8, 4) is 0 Å². The van der Waals surface area contributed by atoms with E-state index in [1.54, 1.807) is 6.92 Å². The van der Waals surface area contributed by atoms with Gasteiger partial charge in [0.1, 0.15) is 6.54 Å². The van der Waals surface area contributed by atoms with Crippen molar-refractivity contribution in [2.45, 2.75) is 6.92 Å². The fourth-order valence-electron chi connectivity index (χ4n) is 0.337. The second-order valence-corrected chi connectivity index (χ2v) is 1.30. The largest absolute Gasteiger partial charge is 0.465 e. The Bertz CT molecular complexity index is 102. The Morgan fingerprint density at radius 1 is 1.78 bits per heavy atom. The van der Waals surface area contributed by atoms with E-state index < -0.39 is 5.97 Å². The maximum atomic E-state index is 10.4. The van der Waals surface area contributed by atoms with Crippen LogP contribution >= 0.6 is 0 Å². The van der Waals surface area contributed by atoms with Gasteiger partial charge in [-0.1, -0.05) is 0 Å². The number of carbonyl (C=O) groups is 2. The number of esters is 1. The van der Waals surface area contributed by atoms with Crippen molar-refractivity contribution in [3.63, 3.8) is 0 Å². The first-order valence-electron chi connectivity index (χ1n) is 2.64. The van der Waals surface area contributed by atoms with Gasteiger partial charge in [-0.3, -0.25) is 9.59 Å². The Hall–Kier alpha value is -1.06. The molecule has 0 aromatic rings. The minimum Gasteiger partial charge on any atom is -0.465 e. The number of carbonyl (C=O) groups excluding carboxylic acids is 2. The van der Waals surface area contributed by atoms with E-state index in [4.69, 9.17) is 0 Å². The topological polar surface area (TPSA) is 55.4 Å². The minimum atomic E-state index is -0.412. The maximum Gasteiger partial charge on any atom is 0.325 e. The van der Waals surface area contributed by atoms with Crippen molar-refractivity contribution in [2.24, 2.45) is 0 Å². The summed E-state index contributed by atoms with van der Waals surface area (Å²) in [5.41, 5.74) is 0.